The minimum atomic E-state index is -0.0315. The Morgan fingerprint density at radius 3 is 2.42 bits per heavy atom. The highest BCUT2D eigenvalue weighted by Gasteiger charge is 2.62. The van der Waals surface area contributed by atoms with Crippen LogP contribution in [0.5, 0.6) is 0 Å². The zero-order chi connectivity index (χ0) is 8.98. The molecule has 2 bridgehead atoms. The molecule has 4 unspecified atom stereocenters. The average molecular weight is 280 g/mol. The first-order valence-corrected chi connectivity index (χ1v) is 6.31. The van der Waals surface area contributed by atoms with Gasteiger partial charge in [-0.25, -0.2) is 0 Å². The predicted octanol–water partition coefficient (Wildman–Crippen LogP) is 2.61. The first kappa shape index (κ1) is 9.25. The summed E-state index contributed by atoms with van der Waals surface area (Å²) in [6.45, 7) is 4.65. The SMILES string of the molecule is CC12CCC(CC1O)C2(C)CI. The molecule has 70 valence electrons. The molecular weight excluding hydrogens is 263 g/mol. The molecule has 0 aromatic carbocycles. The van der Waals surface area contributed by atoms with Gasteiger partial charge in [0, 0.05) is 4.43 Å². The lowest BCUT2D eigenvalue weighted by Crippen LogP contribution is -2.38. The largest absolute Gasteiger partial charge is 0.393 e. The second kappa shape index (κ2) is 2.59. The van der Waals surface area contributed by atoms with Crippen molar-refractivity contribution in [3.63, 3.8) is 0 Å². The van der Waals surface area contributed by atoms with Crippen molar-refractivity contribution in [3.05, 3.63) is 0 Å². The van der Waals surface area contributed by atoms with Crippen molar-refractivity contribution in [3.8, 4) is 0 Å². The van der Waals surface area contributed by atoms with Crippen molar-refractivity contribution >= 4 is 22.6 Å². The predicted molar refractivity (Wildman–Crippen MR) is 58.4 cm³/mol. The fourth-order valence-electron chi connectivity index (χ4n) is 3.26. The van der Waals surface area contributed by atoms with Crippen LogP contribution in [-0.2, 0) is 0 Å². The Balaban J connectivity index is 2.38. The summed E-state index contributed by atoms with van der Waals surface area (Å²) in [5.74, 6) is 0.786. The van der Waals surface area contributed by atoms with Crippen LogP contribution >= 0.6 is 22.6 Å². The van der Waals surface area contributed by atoms with Crippen LogP contribution in [0.2, 0.25) is 0 Å². The molecule has 2 saturated carbocycles. The van der Waals surface area contributed by atoms with Gasteiger partial charge >= 0.3 is 0 Å². The normalized spacial score (nSPS) is 58.0. The summed E-state index contributed by atoms with van der Waals surface area (Å²) in [6, 6.07) is 0. The van der Waals surface area contributed by atoms with Gasteiger partial charge in [-0.05, 0) is 36.0 Å². The molecule has 0 heterocycles. The molecule has 1 N–H and O–H groups in total. The number of hydrogen-bond donors (Lipinski definition) is 1. The second-order valence-electron chi connectivity index (χ2n) is 4.96. The van der Waals surface area contributed by atoms with Crippen molar-refractivity contribution in [1.82, 2.24) is 0 Å². The van der Waals surface area contributed by atoms with Gasteiger partial charge in [0.2, 0.25) is 0 Å². The summed E-state index contributed by atoms with van der Waals surface area (Å²) >= 11 is 2.49. The Bertz CT molecular complexity index is 204. The Morgan fingerprint density at radius 2 is 2.17 bits per heavy atom. The smallest absolute Gasteiger partial charge is 0.0602 e. The van der Waals surface area contributed by atoms with Crippen molar-refractivity contribution in [1.29, 1.82) is 0 Å². The highest BCUT2D eigenvalue weighted by Crippen LogP contribution is 2.66. The molecule has 0 aromatic rings. The zero-order valence-electron chi connectivity index (χ0n) is 7.81. The summed E-state index contributed by atoms with van der Waals surface area (Å²) < 4.78 is 1.20. The van der Waals surface area contributed by atoms with Crippen LogP contribution < -0.4 is 0 Å². The van der Waals surface area contributed by atoms with E-state index in [1.807, 2.05) is 0 Å². The van der Waals surface area contributed by atoms with Gasteiger partial charge in [0.1, 0.15) is 0 Å². The molecule has 12 heavy (non-hydrogen) atoms. The van der Waals surface area contributed by atoms with Crippen LogP contribution in [0.25, 0.3) is 0 Å². The number of aliphatic hydroxyl groups is 1. The number of alkyl halides is 1. The number of fused-ring (bicyclic) bond motifs is 2. The molecule has 2 aliphatic rings. The quantitative estimate of drug-likeness (QED) is 0.578. The van der Waals surface area contributed by atoms with Crippen LogP contribution in [-0.4, -0.2) is 15.6 Å². The van der Waals surface area contributed by atoms with E-state index in [0.717, 1.165) is 12.3 Å². The molecule has 2 heteroatoms. The van der Waals surface area contributed by atoms with Crippen LogP contribution in [0.1, 0.15) is 33.1 Å². The van der Waals surface area contributed by atoms with E-state index >= 15 is 0 Å². The number of hydrogen-bond acceptors (Lipinski definition) is 1. The minimum Gasteiger partial charge on any atom is -0.393 e. The molecule has 0 aliphatic heterocycles. The van der Waals surface area contributed by atoms with Crippen molar-refractivity contribution in [2.24, 2.45) is 16.7 Å². The van der Waals surface area contributed by atoms with E-state index in [1.165, 1.54) is 17.3 Å². The van der Waals surface area contributed by atoms with Crippen LogP contribution in [0.15, 0.2) is 0 Å². The summed E-state index contributed by atoms with van der Waals surface area (Å²) in [6.07, 6.45) is 3.59. The summed E-state index contributed by atoms with van der Waals surface area (Å²) in [4.78, 5) is 0. The van der Waals surface area contributed by atoms with Crippen LogP contribution in [0.3, 0.4) is 0 Å². The van der Waals surface area contributed by atoms with Gasteiger partial charge in [-0.15, -0.1) is 0 Å². The molecular formula is C10H17IO. The maximum absolute atomic E-state index is 9.94. The zero-order valence-corrected chi connectivity index (χ0v) is 9.97. The fourth-order valence-corrected chi connectivity index (χ4v) is 4.76. The molecule has 2 aliphatic carbocycles. The van der Waals surface area contributed by atoms with E-state index in [4.69, 9.17) is 0 Å². The topological polar surface area (TPSA) is 20.2 Å². The third-order valence-electron chi connectivity index (χ3n) is 4.74. The van der Waals surface area contributed by atoms with Gasteiger partial charge in [0.05, 0.1) is 6.10 Å². The second-order valence-corrected chi connectivity index (χ2v) is 5.72. The number of rotatable bonds is 1. The lowest BCUT2D eigenvalue weighted by molar-refractivity contribution is 0.0154. The molecule has 0 radical (unpaired) electrons. The van der Waals surface area contributed by atoms with E-state index in [9.17, 15) is 5.11 Å². The summed E-state index contributed by atoms with van der Waals surface area (Å²) in [5, 5.41) is 9.94. The third kappa shape index (κ3) is 0.834. The van der Waals surface area contributed by atoms with E-state index in [0.29, 0.717) is 5.41 Å². The number of halogens is 1. The monoisotopic (exact) mass is 280 g/mol. The third-order valence-corrected chi connectivity index (χ3v) is 6.32. The molecule has 2 fully saturated rings. The molecule has 0 aromatic heterocycles. The van der Waals surface area contributed by atoms with Gasteiger partial charge in [-0.3, -0.25) is 0 Å². The van der Waals surface area contributed by atoms with Crippen molar-refractivity contribution in [2.75, 3.05) is 4.43 Å². The molecule has 0 amide bonds. The molecule has 0 saturated heterocycles. The number of aliphatic hydroxyl groups excluding tert-OH is 1. The Kier molecular flexibility index (Phi) is 2.00. The highest BCUT2D eigenvalue weighted by atomic mass is 127. The summed E-state index contributed by atoms with van der Waals surface area (Å²) in [5.41, 5.74) is 0.631. The van der Waals surface area contributed by atoms with Crippen LogP contribution in [0, 0.1) is 16.7 Å². The lowest BCUT2D eigenvalue weighted by atomic mass is 9.70. The van der Waals surface area contributed by atoms with E-state index in [-0.39, 0.29) is 11.5 Å². The van der Waals surface area contributed by atoms with Gasteiger partial charge in [-0.2, -0.15) is 0 Å². The molecule has 1 nitrogen and oxygen atoms in total. The van der Waals surface area contributed by atoms with Crippen molar-refractivity contribution < 1.29 is 5.11 Å². The minimum absolute atomic E-state index is 0.0315. The van der Waals surface area contributed by atoms with E-state index in [2.05, 4.69) is 36.4 Å². The lowest BCUT2D eigenvalue weighted by Gasteiger charge is -2.38. The van der Waals surface area contributed by atoms with Gasteiger partial charge in [-0.1, -0.05) is 36.4 Å². The molecule has 2 rings (SSSR count). The van der Waals surface area contributed by atoms with Gasteiger partial charge < -0.3 is 5.11 Å². The van der Waals surface area contributed by atoms with Crippen molar-refractivity contribution in [2.45, 2.75) is 39.2 Å². The fraction of sp³-hybridized carbons (Fsp3) is 1.00. The maximum atomic E-state index is 9.94. The first-order valence-electron chi connectivity index (χ1n) is 4.78. The standard InChI is InChI=1S/C10H17IO/c1-9-4-3-7(5-8(9)12)10(9,2)6-11/h7-8,12H,3-6H2,1-2H3. The Labute approximate surface area is 88.1 Å². The summed E-state index contributed by atoms with van der Waals surface area (Å²) in [7, 11) is 0. The maximum Gasteiger partial charge on any atom is 0.0602 e. The molecule has 4 atom stereocenters. The Hall–Kier alpha value is 0.690. The first-order chi connectivity index (χ1) is 5.54. The Morgan fingerprint density at radius 1 is 1.50 bits per heavy atom. The van der Waals surface area contributed by atoms with E-state index in [1.54, 1.807) is 0 Å². The van der Waals surface area contributed by atoms with Gasteiger partial charge in [0.25, 0.3) is 0 Å². The van der Waals surface area contributed by atoms with Gasteiger partial charge in [0.15, 0.2) is 0 Å². The van der Waals surface area contributed by atoms with Crippen LogP contribution in [0.4, 0.5) is 0 Å². The highest BCUT2D eigenvalue weighted by molar-refractivity contribution is 14.1. The van der Waals surface area contributed by atoms with E-state index < -0.39 is 0 Å². The average Bonchev–Trinajstić information content (AvgIpc) is 2.39. The molecule has 0 spiro atoms.